The molecule has 1 unspecified atom stereocenters. The third-order valence-electron chi connectivity index (χ3n) is 5.76. The quantitative estimate of drug-likeness (QED) is 0.356. The maximum atomic E-state index is 13.2. The van der Waals surface area contributed by atoms with Crippen LogP contribution in [-0.4, -0.2) is 28.8 Å². The van der Waals surface area contributed by atoms with Gasteiger partial charge in [-0.1, -0.05) is 77.9 Å². The highest BCUT2D eigenvalue weighted by atomic mass is 16.5. The molecule has 1 amide bonds. The Morgan fingerprint density at radius 3 is 2.34 bits per heavy atom. The number of para-hydroxylation sites is 1. The monoisotopic (exact) mass is 427 g/mol. The molecule has 0 radical (unpaired) electrons. The lowest BCUT2D eigenvalue weighted by molar-refractivity contribution is -0.140. The molecule has 1 aliphatic rings. The van der Waals surface area contributed by atoms with Crippen LogP contribution in [0, 0.1) is 13.8 Å². The maximum Gasteiger partial charge on any atom is 0.295 e. The minimum atomic E-state index is -0.707. The molecule has 3 aromatic rings. The van der Waals surface area contributed by atoms with Crippen molar-refractivity contribution in [1.82, 2.24) is 4.90 Å². The van der Waals surface area contributed by atoms with Gasteiger partial charge in [0.25, 0.3) is 11.7 Å². The van der Waals surface area contributed by atoms with E-state index in [1.165, 1.54) is 4.90 Å². The van der Waals surface area contributed by atoms with E-state index in [4.69, 9.17) is 4.74 Å². The van der Waals surface area contributed by atoms with Crippen molar-refractivity contribution < 1.29 is 19.4 Å². The van der Waals surface area contributed by atoms with E-state index in [-0.39, 0.29) is 17.9 Å². The first-order chi connectivity index (χ1) is 15.4. The second-order valence-electron chi connectivity index (χ2n) is 8.02. The predicted molar refractivity (Wildman–Crippen MR) is 123 cm³/mol. The van der Waals surface area contributed by atoms with E-state index in [1.54, 1.807) is 19.2 Å². The summed E-state index contributed by atoms with van der Waals surface area (Å²) in [4.78, 5) is 27.8. The molecule has 0 aliphatic carbocycles. The number of hydrogen-bond donors (Lipinski definition) is 1. The molecule has 0 bridgehead atoms. The number of benzene rings is 3. The van der Waals surface area contributed by atoms with Crippen molar-refractivity contribution in [3.05, 3.63) is 106 Å². The van der Waals surface area contributed by atoms with Crippen LogP contribution in [0.25, 0.3) is 5.76 Å². The summed E-state index contributed by atoms with van der Waals surface area (Å²) in [7, 11) is 1.57. The van der Waals surface area contributed by atoms with Crippen LogP contribution in [-0.2, 0) is 16.1 Å². The maximum absolute atomic E-state index is 13.2. The van der Waals surface area contributed by atoms with E-state index in [0.717, 1.165) is 22.3 Å². The number of aliphatic hydroxyl groups excluding tert-OH is 1. The van der Waals surface area contributed by atoms with Gasteiger partial charge in [0.2, 0.25) is 0 Å². The van der Waals surface area contributed by atoms with Crippen LogP contribution in [0.15, 0.2) is 78.4 Å². The van der Waals surface area contributed by atoms with Crippen molar-refractivity contribution in [2.45, 2.75) is 26.4 Å². The number of ketones is 1. The van der Waals surface area contributed by atoms with Gasteiger partial charge in [-0.2, -0.15) is 0 Å². The minimum Gasteiger partial charge on any atom is -0.507 e. The molecule has 3 aromatic carbocycles. The first kappa shape index (κ1) is 21.4. The van der Waals surface area contributed by atoms with Crippen LogP contribution in [0.2, 0.25) is 0 Å². The molecule has 32 heavy (non-hydrogen) atoms. The van der Waals surface area contributed by atoms with Gasteiger partial charge in [0.1, 0.15) is 11.5 Å². The minimum absolute atomic E-state index is 0.0966. The molecule has 4 rings (SSSR count). The fraction of sp³-hybridized carbons (Fsp3) is 0.185. The number of Topliss-reactive ketones (excluding diaryl/α,β-unsaturated/α-hetero) is 1. The number of carbonyl (C=O) groups is 2. The second kappa shape index (κ2) is 8.71. The van der Waals surface area contributed by atoms with E-state index in [1.807, 2.05) is 74.5 Å². The third-order valence-corrected chi connectivity index (χ3v) is 5.76. The van der Waals surface area contributed by atoms with E-state index in [0.29, 0.717) is 11.3 Å². The highest BCUT2D eigenvalue weighted by Gasteiger charge is 2.46. The lowest BCUT2D eigenvalue weighted by atomic mass is 9.94. The molecular weight excluding hydrogens is 402 g/mol. The molecule has 5 nitrogen and oxygen atoms in total. The van der Waals surface area contributed by atoms with Crippen molar-refractivity contribution in [2.75, 3.05) is 7.11 Å². The van der Waals surface area contributed by atoms with E-state index < -0.39 is 17.7 Å². The van der Waals surface area contributed by atoms with Gasteiger partial charge < -0.3 is 14.7 Å². The number of rotatable bonds is 5. The molecule has 0 aromatic heterocycles. The first-order valence-electron chi connectivity index (χ1n) is 10.4. The average molecular weight is 428 g/mol. The third kappa shape index (κ3) is 3.89. The highest BCUT2D eigenvalue weighted by Crippen LogP contribution is 2.41. The number of likely N-dealkylation sites (tertiary alicyclic amines) is 1. The predicted octanol–water partition coefficient (Wildman–Crippen LogP) is 4.93. The summed E-state index contributed by atoms with van der Waals surface area (Å²) in [6.07, 6.45) is 0. The van der Waals surface area contributed by atoms with Crippen LogP contribution in [0.3, 0.4) is 0 Å². The van der Waals surface area contributed by atoms with Crippen LogP contribution in [0.1, 0.15) is 33.9 Å². The number of nitrogens with zero attached hydrogens (tertiary/aromatic N) is 1. The lowest BCUT2D eigenvalue weighted by Crippen LogP contribution is -2.29. The van der Waals surface area contributed by atoms with E-state index >= 15 is 0 Å². The Balaban J connectivity index is 1.87. The van der Waals surface area contributed by atoms with E-state index in [2.05, 4.69) is 0 Å². The zero-order chi connectivity index (χ0) is 22.8. The van der Waals surface area contributed by atoms with Gasteiger partial charge in [-0.25, -0.2) is 0 Å². The SMILES string of the molecule is COc1ccccc1CN1C(=O)C(=O)/C(=C(\O)c2ccc(C)cc2)C1c1cccc(C)c1. The summed E-state index contributed by atoms with van der Waals surface area (Å²) in [5.74, 6) is -0.867. The van der Waals surface area contributed by atoms with Gasteiger partial charge in [0, 0.05) is 11.1 Å². The van der Waals surface area contributed by atoms with Crippen LogP contribution in [0.4, 0.5) is 0 Å². The van der Waals surface area contributed by atoms with Crippen LogP contribution >= 0.6 is 0 Å². The van der Waals surface area contributed by atoms with Gasteiger partial charge in [0.15, 0.2) is 0 Å². The number of carbonyl (C=O) groups excluding carboxylic acids is 2. The fourth-order valence-electron chi connectivity index (χ4n) is 4.11. The van der Waals surface area contributed by atoms with Gasteiger partial charge in [-0.05, 0) is 25.5 Å². The smallest absolute Gasteiger partial charge is 0.295 e. The van der Waals surface area contributed by atoms with Crippen molar-refractivity contribution >= 4 is 17.4 Å². The number of aryl methyl sites for hydroxylation is 2. The normalized spacial score (nSPS) is 17.6. The lowest BCUT2D eigenvalue weighted by Gasteiger charge is -2.26. The molecule has 0 spiro atoms. The second-order valence-corrected chi connectivity index (χ2v) is 8.02. The topological polar surface area (TPSA) is 66.8 Å². The summed E-state index contributed by atoms with van der Waals surface area (Å²) in [6, 6.07) is 21.6. The molecule has 1 fully saturated rings. The molecule has 1 saturated heterocycles. The summed E-state index contributed by atoms with van der Waals surface area (Å²) < 4.78 is 5.45. The Labute approximate surface area is 187 Å². The van der Waals surface area contributed by atoms with Crippen LogP contribution in [0.5, 0.6) is 5.75 Å². The van der Waals surface area contributed by atoms with Crippen molar-refractivity contribution in [2.24, 2.45) is 0 Å². The summed E-state index contributed by atoms with van der Waals surface area (Å²) in [5, 5.41) is 11.1. The van der Waals surface area contributed by atoms with Gasteiger partial charge in [0.05, 0.1) is 25.3 Å². The number of hydrogen-bond acceptors (Lipinski definition) is 4. The van der Waals surface area contributed by atoms with Gasteiger partial charge in [-0.3, -0.25) is 9.59 Å². The van der Waals surface area contributed by atoms with Gasteiger partial charge >= 0.3 is 0 Å². The Bertz CT molecular complexity index is 1210. The number of methoxy groups -OCH3 is 1. The molecule has 1 heterocycles. The average Bonchev–Trinajstić information content (AvgIpc) is 3.04. The fourth-order valence-corrected chi connectivity index (χ4v) is 4.11. The largest absolute Gasteiger partial charge is 0.507 e. The molecule has 0 saturated carbocycles. The Hall–Kier alpha value is -3.86. The molecular formula is C27H25NO4. The molecule has 1 N–H and O–H groups in total. The summed E-state index contributed by atoms with van der Waals surface area (Å²) in [5.41, 5.74) is 4.19. The molecule has 1 atom stereocenters. The highest BCUT2D eigenvalue weighted by molar-refractivity contribution is 6.46. The van der Waals surface area contributed by atoms with Crippen molar-refractivity contribution in [1.29, 1.82) is 0 Å². The van der Waals surface area contributed by atoms with Crippen molar-refractivity contribution in [3.8, 4) is 5.75 Å². The number of amides is 1. The van der Waals surface area contributed by atoms with E-state index in [9.17, 15) is 14.7 Å². The zero-order valence-electron chi connectivity index (χ0n) is 18.3. The van der Waals surface area contributed by atoms with Crippen LogP contribution < -0.4 is 4.74 Å². The summed E-state index contributed by atoms with van der Waals surface area (Å²) in [6.45, 7) is 4.08. The molecule has 5 heteroatoms. The number of aliphatic hydroxyl groups is 1. The Morgan fingerprint density at radius 1 is 0.938 bits per heavy atom. The first-order valence-corrected chi connectivity index (χ1v) is 10.4. The molecule has 1 aliphatic heterocycles. The Kier molecular flexibility index (Phi) is 5.82. The van der Waals surface area contributed by atoms with Crippen molar-refractivity contribution in [3.63, 3.8) is 0 Å². The standard InChI is InChI=1S/C27H25NO4/c1-17-11-13-19(14-12-17)25(29)23-24(20-9-6-7-18(2)15-20)28(27(31)26(23)30)16-21-8-4-5-10-22(21)32-3/h4-15,24,29H,16H2,1-3H3/b25-23-. The number of ether oxygens (including phenoxy) is 1. The van der Waals surface area contributed by atoms with Gasteiger partial charge in [-0.15, -0.1) is 0 Å². The summed E-state index contributed by atoms with van der Waals surface area (Å²) >= 11 is 0. The molecule has 162 valence electrons. The zero-order valence-corrected chi connectivity index (χ0v) is 18.3. The Morgan fingerprint density at radius 2 is 1.66 bits per heavy atom.